The molecular weight excluding hydrogens is 749 g/mol. The van der Waals surface area contributed by atoms with E-state index in [4.69, 9.17) is 9.47 Å². The van der Waals surface area contributed by atoms with E-state index in [-0.39, 0.29) is 37.0 Å². The van der Waals surface area contributed by atoms with E-state index < -0.39 is 12.2 Å². The van der Waals surface area contributed by atoms with Crippen molar-refractivity contribution in [1.82, 2.24) is 0 Å². The van der Waals surface area contributed by atoms with Gasteiger partial charge in [-0.2, -0.15) is 0 Å². The molecule has 60 heavy (non-hydrogen) atoms. The van der Waals surface area contributed by atoms with Crippen molar-refractivity contribution < 1.29 is 38.2 Å². The highest BCUT2D eigenvalue weighted by Gasteiger charge is 2.27. The van der Waals surface area contributed by atoms with Gasteiger partial charge in [0, 0.05) is 5.92 Å². The van der Waals surface area contributed by atoms with Gasteiger partial charge in [-0.25, -0.2) is 0 Å². The molecule has 8 heteroatoms. The van der Waals surface area contributed by atoms with Crippen LogP contribution in [0.25, 0.3) is 0 Å². The second kappa shape index (κ2) is 38.3. The van der Waals surface area contributed by atoms with Crippen molar-refractivity contribution in [3.05, 3.63) is 0 Å². The number of aliphatic hydroxyl groups is 2. The average molecular weight is 855 g/mol. The predicted molar refractivity (Wildman–Crippen MR) is 255 cm³/mol. The molecular formula is C52H106N2O6+2. The molecule has 0 aliphatic carbocycles. The normalized spacial score (nSPS) is 14.8. The number of hydrogen-bond donors (Lipinski definition) is 2. The van der Waals surface area contributed by atoms with Crippen LogP contribution in [-0.2, 0) is 19.1 Å². The summed E-state index contributed by atoms with van der Waals surface area (Å²) in [6.07, 6.45) is 35.3. The summed E-state index contributed by atoms with van der Waals surface area (Å²) in [5.74, 6) is 0.162. The molecule has 8 nitrogen and oxygen atoms in total. The Morgan fingerprint density at radius 2 is 0.717 bits per heavy atom. The van der Waals surface area contributed by atoms with Crippen LogP contribution in [0, 0.1) is 17.8 Å². The molecule has 0 amide bonds. The van der Waals surface area contributed by atoms with Crippen LogP contribution in [0.1, 0.15) is 227 Å². The second-order valence-electron chi connectivity index (χ2n) is 20.7. The lowest BCUT2D eigenvalue weighted by molar-refractivity contribution is -0.896. The first kappa shape index (κ1) is 58.8. The third-order valence-corrected chi connectivity index (χ3v) is 12.7. The molecule has 5 unspecified atom stereocenters. The molecule has 0 aliphatic heterocycles. The van der Waals surface area contributed by atoms with Crippen molar-refractivity contribution in [1.29, 1.82) is 0 Å². The van der Waals surface area contributed by atoms with Gasteiger partial charge in [-0.15, -0.1) is 0 Å². The Balaban J connectivity index is 4.86. The number of unbranched alkanes of at least 4 members (excludes halogenated alkanes) is 21. The SMILES string of the molecule is CCCCCCCCCCCCC(CCCCCCCCCC)C(=O)OCC(O)C[N+](C)(C)CC(CC)CCCCCC(CCCCCC)C(=O)OCC(O)C[N+](C)(C)C. The molecule has 0 fully saturated rings. The Morgan fingerprint density at radius 1 is 0.417 bits per heavy atom. The summed E-state index contributed by atoms with van der Waals surface area (Å²) in [4.78, 5) is 26.5. The van der Waals surface area contributed by atoms with E-state index >= 15 is 0 Å². The smallest absolute Gasteiger partial charge is 0.309 e. The highest BCUT2D eigenvalue weighted by atomic mass is 16.5. The molecule has 358 valence electrons. The number of ether oxygens (including phenoxy) is 2. The Labute approximate surface area is 373 Å². The van der Waals surface area contributed by atoms with Crippen molar-refractivity contribution >= 4 is 11.9 Å². The average Bonchev–Trinajstić information content (AvgIpc) is 3.19. The van der Waals surface area contributed by atoms with Gasteiger partial charge in [-0.05, 0) is 38.5 Å². The molecule has 0 spiro atoms. The van der Waals surface area contributed by atoms with Crippen LogP contribution < -0.4 is 0 Å². The minimum Gasteiger partial charge on any atom is -0.462 e. The number of aliphatic hydroxyl groups excluding tert-OH is 2. The van der Waals surface area contributed by atoms with E-state index in [9.17, 15) is 19.8 Å². The molecule has 0 aliphatic rings. The van der Waals surface area contributed by atoms with Crippen LogP contribution in [0.4, 0.5) is 0 Å². The Morgan fingerprint density at radius 3 is 1.07 bits per heavy atom. The van der Waals surface area contributed by atoms with E-state index in [0.717, 1.165) is 90.0 Å². The van der Waals surface area contributed by atoms with Crippen LogP contribution in [0.5, 0.6) is 0 Å². The van der Waals surface area contributed by atoms with Crippen LogP contribution in [-0.4, -0.2) is 111 Å². The lowest BCUT2D eigenvalue weighted by Crippen LogP contribution is -2.49. The van der Waals surface area contributed by atoms with Crippen molar-refractivity contribution in [3.63, 3.8) is 0 Å². The molecule has 0 aromatic carbocycles. The number of hydrogen-bond acceptors (Lipinski definition) is 6. The van der Waals surface area contributed by atoms with Crippen LogP contribution in [0.3, 0.4) is 0 Å². The third-order valence-electron chi connectivity index (χ3n) is 12.7. The second-order valence-corrected chi connectivity index (χ2v) is 20.7. The van der Waals surface area contributed by atoms with Crippen molar-refractivity contribution in [2.24, 2.45) is 17.8 Å². The van der Waals surface area contributed by atoms with E-state index in [0.29, 0.717) is 28.0 Å². The van der Waals surface area contributed by atoms with Gasteiger partial charge in [0.2, 0.25) is 0 Å². The number of carbonyl (C=O) groups excluding carboxylic acids is 2. The highest BCUT2D eigenvalue weighted by Crippen LogP contribution is 2.24. The fraction of sp³-hybridized carbons (Fsp3) is 0.962. The zero-order chi connectivity index (χ0) is 44.9. The number of rotatable bonds is 44. The Bertz CT molecular complexity index is 984. The van der Waals surface area contributed by atoms with Crippen molar-refractivity contribution in [2.75, 3.05) is 68.1 Å². The molecule has 0 radical (unpaired) electrons. The summed E-state index contributed by atoms with van der Waals surface area (Å²) in [5, 5.41) is 21.5. The van der Waals surface area contributed by atoms with Gasteiger partial charge < -0.3 is 28.7 Å². The molecule has 0 aromatic rings. The standard InChI is InChI=1S/C52H106N2O6/c1-10-14-17-20-22-24-25-27-29-34-39-48(38-33-28-26-23-21-18-15-11-2)52(58)60-45-50(56)43-54(8,9)41-46(13-4)36-31-30-35-40-47(37-32-19-16-12-3)51(57)59-44-49(55)42-53(5,6)7/h46-50,55-56H,10-45H2,1-9H3/q+2. The summed E-state index contributed by atoms with van der Waals surface area (Å²) in [6, 6.07) is 0. The van der Waals surface area contributed by atoms with Crippen LogP contribution in [0.15, 0.2) is 0 Å². The maximum atomic E-state index is 13.4. The molecule has 0 bridgehead atoms. The maximum absolute atomic E-state index is 13.4. The zero-order valence-corrected chi connectivity index (χ0v) is 41.8. The van der Waals surface area contributed by atoms with Gasteiger partial charge in [0.05, 0.1) is 53.6 Å². The minimum atomic E-state index is -0.676. The van der Waals surface area contributed by atoms with Gasteiger partial charge in [-0.3, -0.25) is 9.59 Å². The minimum absolute atomic E-state index is 0.0500. The molecule has 0 heterocycles. The van der Waals surface area contributed by atoms with Crippen LogP contribution in [0.2, 0.25) is 0 Å². The predicted octanol–water partition coefficient (Wildman–Crippen LogP) is 12.6. The summed E-state index contributed by atoms with van der Waals surface area (Å²) >= 11 is 0. The molecule has 0 aromatic heterocycles. The summed E-state index contributed by atoms with van der Waals surface area (Å²) < 4.78 is 12.8. The van der Waals surface area contributed by atoms with Gasteiger partial charge in [0.15, 0.2) is 0 Å². The largest absolute Gasteiger partial charge is 0.462 e. The number of likely N-dealkylation sites (N-methyl/N-ethyl adjacent to an activating group) is 2. The number of esters is 2. The van der Waals surface area contributed by atoms with Crippen molar-refractivity contribution in [3.8, 4) is 0 Å². The number of carbonyl (C=O) groups is 2. The number of nitrogens with zero attached hydrogens (tertiary/aromatic N) is 2. The van der Waals surface area contributed by atoms with E-state index in [1.807, 2.05) is 21.1 Å². The molecule has 0 saturated carbocycles. The molecule has 0 rings (SSSR count). The first-order valence-corrected chi connectivity index (χ1v) is 26.0. The highest BCUT2D eigenvalue weighted by molar-refractivity contribution is 5.72. The topological polar surface area (TPSA) is 93.1 Å². The van der Waals surface area contributed by atoms with E-state index in [2.05, 4.69) is 41.8 Å². The lowest BCUT2D eigenvalue weighted by atomic mass is 9.92. The van der Waals surface area contributed by atoms with E-state index in [1.165, 1.54) is 116 Å². The van der Waals surface area contributed by atoms with Crippen molar-refractivity contribution in [2.45, 2.75) is 239 Å². The third kappa shape index (κ3) is 36.3. The summed E-state index contributed by atoms with van der Waals surface area (Å²) in [7, 11) is 10.5. The molecule has 2 N–H and O–H groups in total. The first-order chi connectivity index (χ1) is 28.7. The fourth-order valence-corrected chi connectivity index (χ4v) is 9.08. The first-order valence-electron chi connectivity index (χ1n) is 26.0. The van der Waals surface area contributed by atoms with Gasteiger partial charge >= 0.3 is 11.9 Å². The molecule has 5 atom stereocenters. The number of quaternary nitrogens is 2. The maximum Gasteiger partial charge on any atom is 0.309 e. The van der Waals surface area contributed by atoms with Crippen LogP contribution >= 0.6 is 0 Å². The fourth-order valence-electron chi connectivity index (χ4n) is 9.08. The Hall–Kier alpha value is -1.22. The zero-order valence-electron chi connectivity index (χ0n) is 41.8. The molecule has 0 saturated heterocycles. The van der Waals surface area contributed by atoms with Gasteiger partial charge in [0.1, 0.15) is 38.5 Å². The quantitative estimate of drug-likeness (QED) is 0.0360. The van der Waals surface area contributed by atoms with Gasteiger partial charge in [0.25, 0.3) is 0 Å². The van der Waals surface area contributed by atoms with Gasteiger partial charge in [-0.1, -0.05) is 188 Å². The lowest BCUT2D eigenvalue weighted by Gasteiger charge is -2.35. The Kier molecular flexibility index (Phi) is 37.5. The monoisotopic (exact) mass is 855 g/mol. The summed E-state index contributed by atoms with van der Waals surface area (Å²) in [6.45, 7) is 11.3. The summed E-state index contributed by atoms with van der Waals surface area (Å²) in [5.41, 5.74) is 0. The van der Waals surface area contributed by atoms with E-state index in [1.54, 1.807) is 0 Å².